The molecule has 13 heteroatoms. The minimum absolute atomic E-state index is 3.22. The van der Waals surface area contributed by atoms with Crippen LogP contribution in [0.15, 0.2) is 0 Å². The fourth-order valence-electron chi connectivity index (χ4n) is 0.511. The highest BCUT2D eigenvalue weighted by molar-refractivity contribution is 6.71. The maximum absolute atomic E-state index is 13.4. The summed E-state index contributed by atoms with van der Waals surface area (Å²) in [5.41, 5.74) is 0. The Morgan fingerprint density at radius 2 is 1.00 bits per heavy atom. The molecule has 0 radical (unpaired) electrons. The first-order valence-corrected chi connectivity index (χ1v) is 6.45. The Morgan fingerprint density at radius 3 is 1.17 bits per heavy atom. The third-order valence-corrected chi connectivity index (χ3v) is 4.39. The molecule has 0 fully saturated rings. The van der Waals surface area contributed by atoms with E-state index in [9.17, 15) is 17.6 Å². The molecule has 0 spiro atoms. The lowest BCUT2D eigenvalue weighted by Gasteiger charge is -2.40. The molecule has 2 atom stereocenters. The van der Waals surface area contributed by atoms with E-state index in [4.69, 9.17) is 58.0 Å². The minimum atomic E-state index is -4.68. The smallest absolute Gasteiger partial charge is 0.295 e. The maximum Gasteiger partial charge on any atom is 0.368 e. The van der Waals surface area contributed by atoms with Crippen molar-refractivity contribution in [3.8, 4) is 0 Å². The first kappa shape index (κ1) is 20.0. The van der Waals surface area contributed by atoms with Gasteiger partial charge in [-0.25, -0.2) is 0 Å². The van der Waals surface area contributed by atoms with Gasteiger partial charge in [0.2, 0.25) is 3.79 Å². The van der Waals surface area contributed by atoms with Gasteiger partial charge in [0.15, 0.2) is 0 Å². The average Bonchev–Trinajstić information content (AvgIpc) is 1.95. The van der Waals surface area contributed by atoms with Gasteiger partial charge in [-0.3, -0.25) is 4.74 Å². The number of halogens is 12. The van der Waals surface area contributed by atoms with E-state index in [0.717, 1.165) is 0 Å². The predicted molar refractivity (Wildman–Crippen MR) is 66.0 cm³/mol. The molecule has 0 saturated carbocycles. The molecule has 0 aromatic rings. The first-order valence-electron chi connectivity index (χ1n) is 3.43. The van der Waals surface area contributed by atoms with Crippen molar-refractivity contribution in [2.45, 2.75) is 24.1 Å². The lowest BCUT2D eigenvalue weighted by molar-refractivity contribution is -0.215. The Bertz CT molecular complexity index is 290. The third-order valence-electron chi connectivity index (χ3n) is 1.33. The van der Waals surface area contributed by atoms with Crippen molar-refractivity contribution >= 4 is 92.8 Å². The molecule has 0 aliphatic rings. The number of rotatable bonds is 4. The summed E-state index contributed by atoms with van der Waals surface area (Å²) >= 11 is 38.7. The highest BCUT2D eigenvalue weighted by Gasteiger charge is 2.71. The second-order valence-electron chi connectivity index (χ2n) is 2.71. The van der Waals surface area contributed by atoms with Crippen molar-refractivity contribution in [1.82, 2.24) is 0 Å². The summed E-state index contributed by atoms with van der Waals surface area (Å²) in [5.74, 6) is 0. The minimum Gasteiger partial charge on any atom is -0.295 e. The largest absolute Gasteiger partial charge is 0.368 e. The van der Waals surface area contributed by atoms with E-state index in [0.29, 0.717) is 0 Å². The van der Waals surface area contributed by atoms with Crippen molar-refractivity contribution < 1.29 is 22.3 Å². The second-order valence-corrected chi connectivity index (χ2v) is 7.72. The van der Waals surface area contributed by atoms with Crippen molar-refractivity contribution in [2.24, 2.45) is 0 Å². The lowest BCUT2D eigenvalue weighted by atomic mass is 10.4. The summed E-state index contributed by atoms with van der Waals surface area (Å²) in [6, 6.07) is 0. The monoisotopic (exact) mass is 432 g/mol. The van der Waals surface area contributed by atoms with Crippen molar-refractivity contribution in [3.63, 3.8) is 0 Å². The van der Waals surface area contributed by atoms with Gasteiger partial charge in [0.1, 0.15) is 0 Å². The second kappa shape index (κ2) is 5.65. The number of alkyl halides is 12. The van der Waals surface area contributed by atoms with Crippen LogP contribution in [0, 0.1) is 0 Å². The third kappa shape index (κ3) is 4.25. The molecule has 0 aromatic carbocycles. The standard InChI is InChI=1S/C5Cl8F4O/c6-1(2(7,8)9,4(12,15)16)18-5(13,17)3(10,11)14. The zero-order valence-electron chi connectivity index (χ0n) is 7.44. The van der Waals surface area contributed by atoms with Crippen molar-refractivity contribution in [1.29, 1.82) is 0 Å². The molecule has 0 N–H and O–H groups in total. The molecule has 0 aliphatic carbocycles. The van der Waals surface area contributed by atoms with E-state index in [1.165, 1.54) is 0 Å². The molecule has 18 heavy (non-hydrogen) atoms. The maximum atomic E-state index is 13.4. The fraction of sp³-hybridized carbons (Fsp3) is 1.00. The number of hydrogen-bond acceptors (Lipinski definition) is 1. The van der Waals surface area contributed by atoms with Crippen LogP contribution in [0.2, 0.25) is 0 Å². The average molecular weight is 436 g/mol. The molecular weight excluding hydrogens is 436 g/mol. The van der Waals surface area contributed by atoms with E-state index in [1.807, 2.05) is 0 Å². The Kier molecular flexibility index (Phi) is 6.28. The molecule has 2 unspecified atom stereocenters. The number of ether oxygens (including phenoxy) is 1. The van der Waals surface area contributed by atoms with Crippen LogP contribution in [-0.4, -0.2) is 24.1 Å². The fourth-order valence-corrected chi connectivity index (χ4v) is 1.65. The lowest BCUT2D eigenvalue weighted by Crippen LogP contribution is -2.57. The van der Waals surface area contributed by atoms with Crippen LogP contribution in [0.1, 0.15) is 0 Å². The molecule has 0 aliphatic heterocycles. The summed E-state index contributed by atoms with van der Waals surface area (Å²) in [7, 11) is 0. The molecule has 0 aromatic heterocycles. The van der Waals surface area contributed by atoms with Gasteiger partial charge in [0, 0.05) is 0 Å². The molecular formula is C5Cl8F4O. The van der Waals surface area contributed by atoms with Gasteiger partial charge in [-0.15, -0.1) is 0 Å². The van der Waals surface area contributed by atoms with Crippen LogP contribution in [0.25, 0.3) is 0 Å². The number of hydrogen-bond donors (Lipinski definition) is 0. The van der Waals surface area contributed by atoms with Crippen LogP contribution in [0.3, 0.4) is 0 Å². The highest BCUT2D eigenvalue weighted by Crippen LogP contribution is 2.58. The van der Waals surface area contributed by atoms with E-state index >= 15 is 0 Å². The molecule has 1 nitrogen and oxygen atoms in total. The zero-order chi connectivity index (χ0) is 15.2. The van der Waals surface area contributed by atoms with Gasteiger partial charge in [-0.2, -0.15) is 17.6 Å². The van der Waals surface area contributed by atoms with Gasteiger partial charge >= 0.3 is 15.3 Å². The molecule has 0 bridgehead atoms. The van der Waals surface area contributed by atoms with Crippen LogP contribution in [0.5, 0.6) is 0 Å². The van der Waals surface area contributed by atoms with E-state index in [1.54, 1.807) is 0 Å². The molecule has 0 saturated heterocycles. The Morgan fingerprint density at radius 1 is 0.667 bits per heavy atom. The Labute approximate surface area is 138 Å². The van der Waals surface area contributed by atoms with Gasteiger partial charge in [-0.1, -0.05) is 69.6 Å². The predicted octanol–water partition coefficient (Wildman–Crippen LogP) is 6.10. The summed E-state index contributed by atoms with van der Waals surface area (Å²) < 4.78 is 48.8. The molecule has 110 valence electrons. The molecule has 0 rings (SSSR count). The highest BCUT2D eigenvalue weighted by atomic mass is 35.6. The topological polar surface area (TPSA) is 9.23 Å². The van der Waals surface area contributed by atoms with Crippen LogP contribution >= 0.6 is 92.8 Å². The van der Waals surface area contributed by atoms with E-state index in [2.05, 4.69) is 39.5 Å². The normalized spacial score (nSPS) is 21.3. The van der Waals surface area contributed by atoms with Gasteiger partial charge in [0.05, 0.1) is 0 Å². The SMILES string of the molecule is FC(F)(Cl)C(Cl)(OC(F)(Cl)C(F)(Cl)Cl)C(Cl)(Cl)Cl. The summed E-state index contributed by atoms with van der Waals surface area (Å²) in [6.07, 6.45) is 0. The summed E-state index contributed by atoms with van der Waals surface area (Å²) in [6.45, 7) is 0. The van der Waals surface area contributed by atoms with Crippen molar-refractivity contribution in [2.75, 3.05) is 0 Å². The Balaban J connectivity index is 5.58. The van der Waals surface area contributed by atoms with Crippen molar-refractivity contribution in [3.05, 3.63) is 0 Å². The van der Waals surface area contributed by atoms with Gasteiger partial charge < -0.3 is 0 Å². The van der Waals surface area contributed by atoms with Gasteiger partial charge in [-0.05, 0) is 23.2 Å². The summed E-state index contributed by atoms with van der Waals surface area (Å²) in [5, 5.41) is -12.9. The first-order chi connectivity index (χ1) is 7.46. The van der Waals surface area contributed by atoms with Crippen LogP contribution in [0.4, 0.5) is 17.6 Å². The quantitative estimate of drug-likeness (QED) is 0.383. The molecule has 0 amide bonds. The van der Waals surface area contributed by atoms with Gasteiger partial charge in [0.25, 0.3) is 5.06 Å². The Hall–Kier alpha value is 2.00. The van der Waals surface area contributed by atoms with E-state index < -0.39 is 24.1 Å². The molecule has 0 heterocycles. The van der Waals surface area contributed by atoms with E-state index in [-0.39, 0.29) is 0 Å². The van der Waals surface area contributed by atoms with Crippen LogP contribution in [-0.2, 0) is 4.74 Å². The zero-order valence-corrected chi connectivity index (χ0v) is 13.5. The summed E-state index contributed by atoms with van der Waals surface area (Å²) in [4.78, 5) is 0. The van der Waals surface area contributed by atoms with Crippen LogP contribution < -0.4 is 0 Å².